The van der Waals surface area contributed by atoms with Gasteiger partial charge in [-0.2, -0.15) is 0 Å². The molecule has 2 atom stereocenters. The first-order chi connectivity index (χ1) is 5.72. The van der Waals surface area contributed by atoms with E-state index in [1.54, 1.807) is 0 Å². The molecule has 0 bridgehead atoms. The Morgan fingerprint density at radius 3 is 2.08 bits per heavy atom. The number of nitrogens with two attached hydrogens (primary N) is 1. The van der Waals surface area contributed by atoms with Crippen LogP contribution in [0.4, 0.5) is 0 Å². The van der Waals surface area contributed by atoms with Gasteiger partial charge in [0.15, 0.2) is 0 Å². The van der Waals surface area contributed by atoms with E-state index in [1.165, 1.54) is 38.5 Å². The highest BCUT2D eigenvalue weighted by atomic mass is 16.3. The van der Waals surface area contributed by atoms with Crippen LogP contribution < -0.4 is 5.73 Å². The SMILES string of the molecule is CC(N)C(O)C1CCCCCC1. The first-order valence-corrected chi connectivity index (χ1v) is 5.15. The van der Waals surface area contributed by atoms with Crippen LogP contribution in [-0.2, 0) is 0 Å². The van der Waals surface area contributed by atoms with Crippen LogP contribution in [0.3, 0.4) is 0 Å². The van der Waals surface area contributed by atoms with Crippen molar-refractivity contribution in [3.8, 4) is 0 Å². The third-order valence-corrected chi connectivity index (χ3v) is 2.92. The first-order valence-electron chi connectivity index (χ1n) is 5.15. The Morgan fingerprint density at radius 2 is 1.67 bits per heavy atom. The van der Waals surface area contributed by atoms with Gasteiger partial charge in [-0.15, -0.1) is 0 Å². The zero-order valence-corrected chi connectivity index (χ0v) is 8.00. The Morgan fingerprint density at radius 1 is 1.17 bits per heavy atom. The second-order valence-corrected chi connectivity index (χ2v) is 4.10. The summed E-state index contributed by atoms with van der Waals surface area (Å²) in [4.78, 5) is 0. The smallest absolute Gasteiger partial charge is 0.0716 e. The third-order valence-electron chi connectivity index (χ3n) is 2.92. The zero-order valence-electron chi connectivity index (χ0n) is 8.00. The van der Waals surface area contributed by atoms with Gasteiger partial charge in [0.25, 0.3) is 0 Å². The molecule has 0 spiro atoms. The average Bonchev–Trinajstić information content (AvgIpc) is 2.30. The summed E-state index contributed by atoms with van der Waals surface area (Å²) in [6.07, 6.45) is 7.28. The lowest BCUT2D eigenvalue weighted by Gasteiger charge is -2.24. The van der Waals surface area contributed by atoms with Gasteiger partial charge in [0.1, 0.15) is 0 Å². The Bertz CT molecular complexity index is 117. The van der Waals surface area contributed by atoms with E-state index in [0.29, 0.717) is 5.92 Å². The highest BCUT2D eigenvalue weighted by Gasteiger charge is 2.22. The molecule has 12 heavy (non-hydrogen) atoms. The molecule has 1 saturated carbocycles. The van der Waals surface area contributed by atoms with Gasteiger partial charge in [0, 0.05) is 6.04 Å². The quantitative estimate of drug-likeness (QED) is 0.621. The minimum Gasteiger partial charge on any atom is -0.391 e. The summed E-state index contributed by atoms with van der Waals surface area (Å²) in [5.74, 6) is 0.465. The summed E-state index contributed by atoms with van der Waals surface area (Å²) in [7, 11) is 0. The van der Waals surface area contributed by atoms with Gasteiger partial charge in [0.05, 0.1) is 6.10 Å². The van der Waals surface area contributed by atoms with Gasteiger partial charge in [-0.1, -0.05) is 25.7 Å². The van der Waals surface area contributed by atoms with Gasteiger partial charge >= 0.3 is 0 Å². The first kappa shape index (κ1) is 10.0. The molecule has 1 rings (SSSR count). The van der Waals surface area contributed by atoms with Crippen LogP contribution in [0.15, 0.2) is 0 Å². The van der Waals surface area contributed by atoms with Gasteiger partial charge in [-0.05, 0) is 25.7 Å². The average molecular weight is 171 g/mol. The number of hydrogen-bond acceptors (Lipinski definition) is 2. The van der Waals surface area contributed by atoms with E-state index in [2.05, 4.69) is 0 Å². The number of hydrogen-bond donors (Lipinski definition) is 2. The fourth-order valence-corrected chi connectivity index (χ4v) is 2.08. The van der Waals surface area contributed by atoms with Crippen molar-refractivity contribution in [2.75, 3.05) is 0 Å². The number of aliphatic hydroxyl groups is 1. The van der Waals surface area contributed by atoms with Crippen LogP contribution in [0, 0.1) is 5.92 Å². The van der Waals surface area contributed by atoms with E-state index < -0.39 is 0 Å². The molecule has 0 radical (unpaired) electrons. The second kappa shape index (κ2) is 4.83. The molecular formula is C10H21NO. The molecule has 1 aliphatic rings. The molecular weight excluding hydrogens is 150 g/mol. The molecule has 0 aromatic heterocycles. The molecule has 72 valence electrons. The predicted octanol–water partition coefficient (Wildman–Crippen LogP) is 1.66. The van der Waals surface area contributed by atoms with Crippen molar-refractivity contribution in [1.29, 1.82) is 0 Å². The fraction of sp³-hybridized carbons (Fsp3) is 1.00. The lowest BCUT2D eigenvalue weighted by Crippen LogP contribution is -2.37. The van der Waals surface area contributed by atoms with E-state index in [9.17, 15) is 5.11 Å². The molecule has 0 aliphatic heterocycles. The fourth-order valence-electron chi connectivity index (χ4n) is 2.08. The second-order valence-electron chi connectivity index (χ2n) is 4.10. The third kappa shape index (κ3) is 2.76. The molecule has 2 unspecified atom stereocenters. The van der Waals surface area contributed by atoms with Crippen molar-refractivity contribution in [3.63, 3.8) is 0 Å². The largest absolute Gasteiger partial charge is 0.391 e. The Hall–Kier alpha value is -0.0800. The van der Waals surface area contributed by atoms with Crippen LogP contribution in [0.5, 0.6) is 0 Å². The van der Waals surface area contributed by atoms with Gasteiger partial charge < -0.3 is 10.8 Å². The summed E-state index contributed by atoms with van der Waals surface area (Å²) in [5, 5.41) is 9.75. The van der Waals surface area contributed by atoms with Crippen molar-refractivity contribution in [2.45, 2.75) is 57.6 Å². The summed E-state index contributed by atoms with van der Waals surface area (Å²) in [6.45, 7) is 1.90. The Labute approximate surface area is 75.2 Å². The van der Waals surface area contributed by atoms with Crippen LogP contribution in [0.1, 0.15) is 45.4 Å². The normalized spacial score (nSPS) is 26.2. The molecule has 0 aromatic rings. The van der Waals surface area contributed by atoms with Crippen LogP contribution in [0.25, 0.3) is 0 Å². The summed E-state index contributed by atoms with van der Waals surface area (Å²) >= 11 is 0. The van der Waals surface area contributed by atoms with E-state index in [4.69, 9.17) is 5.73 Å². The Balaban J connectivity index is 2.37. The van der Waals surface area contributed by atoms with Gasteiger partial charge in [0.2, 0.25) is 0 Å². The molecule has 1 aliphatic carbocycles. The molecule has 3 N–H and O–H groups in total. The predicted molar refractivity (Wildman–Crippen MR) is 50.8 cm³/mol. The van der Waals surface area contributed by atoms with E-state index in [1.807, 2.05) is 6.92 Å². The Kier molecular flexibility index (Phi) is 4.02. The summed E-state index contributed by atoms with van der Waals surface area (Å²) in [6, 6.07) is -0.0619. The van der Waals surface area contributed by atoms with E-state index in [-0.39, 0.29) is 12.1 Å². The van der Waals surface area contributed by atoms with Gasteiger partial charge in [-0.25, -0.2) is 0 Å². The number of aliphatic hydroxyl groups excluding tert-OH is 1. The lowest BCUT2D eigenvalue weighted by molar-refractivity contribution is 0.0791. The lowest BCUT2D eigenvalue weighted by atomic mass is 9.90. The summed E-state index contributed by atoms with van der Waals surface area (Å²) in [5.41, 5.74) is 5.67. The molecule has 0 aromatic carbocycles. The molecule has 0 amide bonds. The van der Waals surface area contributed by atoms with Crippen molar-refractivity contribution in [1.82, 2.24) is 0 Å². The van der Waals surface area contributed by atoms with Crippen LogP contribution >= 0.6 is 0 Å². The minimum absolute atomic E-state index is 0.0619. The standard InChI is InChI=1S/C10H21NO/c1-8(11)10(12)9-6-4-2-3-5-7-9/h8-10,12H,2-7,11H2,1H3. The van der Waals surface area contributed by atoms with Crippen molar-refractivity contribution < 1.29 is 5.11 Å². The van der Waals surface area contributed by atoms with Crippen molar-refractivity contribution in [3.05, 3.63) is 0 Å². The van der Waals surface area contributed by atoms with Crippen molar-refractivity contribution in [2.24, 2.45) is 11.7 Å². The summed E-state index contributed by atoms with van der Waals surface area (Å²) < 4.78 is 0. The topological polar surface area (TPSA) is 46.2 Å². The zero-order chi connectivity index (χ0) is 8.97. The van der Waals surface area contributed by atoms with Crippen LogP contribution in [-0.4, -0.2) is 17.3 Å². The van der Waals surface area contributed by atoms with Crippen LogP contribution in [0.2, 0.25) is 0 Å². The maximum atomic E-state index is 9.75. The van der Waals surface area contributed by atoms with Crippen molar-refractivity contribution >= 4 is 0 Å². The molecule has 2 heteroatoms. The van der Waals surface area contributed by atoms with E-state index >= 15 is 0 Å². The van der Waals surface area contributed by atoms with Gasteiger partial charge in [-0.3, -0.25) is 0 Å². The maximum Gasteiger partial charge on any atom is 0.0716 e. The van der Waals surface area contributed by atoms with E-state index in [0.717, 1.165) is 0 Å². The highest BCUT2D eigenvalue weighted by Crippen LogP contribution is 2.26. The molecule has 0 saturated heterocycles. The number of rotatable bonds is 2. The molecule has 1 fully saturated rings. The minimum atomic E-state index is -0.275. The maximum absolute atomic E-state index is 9.75. The molecule has 0 heterocycles. The monoisotopic (exact) mass is 171 g/mol. The highest BCUT2D eigenvalue weighted by molar-refractivity contribution is 4.77. The molecule has 2 nitrogen and oxygen atoms in total.